The molecule has 4 rings (SSSR count). The van der Waals surface area contributed by atoms with Gasteiger partial charge in [0, 0.05) is 36.7 Å². The molecule has 0 spiro atoms. The number of hydrogen-bond acceptors (Lipinski definition) is 5. The highest BCUT2D eigenvalue weighted by Crippen LogP contribution is 2.35. The zero-order valence-corrected chi connectivity index (χ0v) is 12.6. The standard InChI is InChI=1S/C17H17N3O3/c21-17(20-7-1-2-8-20)14-9-13(5-6-18-14)19-12-3-4-15-16(10-12)23-11-22-15/h3-6,9-10H,1-2,7-8,11H2,(H,18,19). The molecule has 0 aliphatic carbocycles. The zero-order chi connectivity index (χ0) is 15.6. The molecule has 2 aliphatic rings. The molecule has 6 nitrogen and oxygen atoms in total. The molecule has 0 saturated carbocycles. The highest BCUT2D eigenvalue weighted by molar-refractivity contribution is 5.93. The van der Waals surface area contributed by atoms with Crippen LogP contribution in [0.15, 0.2) is 36.5 Å². The second-order valence-electron chi connectivity index (χ2n) is 5.62. The zero-order valence-electron chi connectivity index (χ0n) is 12.6. The van der Waals surface area contributed by atoms with E-state index in [0.717, 1.165) is 48.8 Å². The minimum absolute atomic E-state index is 0.00293. The molecule has 0 radical (unpaired) electrons. The molecular weight excluding hydrogens is 294 g/mol. The summed E-state index contributed by atoms with van der Waals surface area (Å²) >= 11 is 0. The summed E-state index contributed by atoms with van der Waals surface area (Å²) < 4.78 is 10.7. The van der Waals surface area contributed by atoms with Crippen LogP contribution in [0.1, 0.15) is 23.3 Å². The SMILES string of the molecule is O=C(c1cc(Nc2ccc3c(c2)OCO3)ccn1)N1CCCC1. The van der Waals surface area contributed by atoms with E-state index in [4.69, 9.17) is 9.47 Å². The van der Waals surface area contributed by atoms with E-state index in [9.17, 15) is 4.79 Å². The lowest BCUT2D eigenvalue weighted by Gasteiger charge is -2.15. The van der Waals surface area contributed by atoms with Crippen molar-refractivity contribution in [2.45, 2.75) is 12.8 Å². The van der Waals surface area contributed by atoms with Crippen molar-refractivity contribution >= 4 is 17.3 Å². The maximum absolute atomic E-state index is 12.4. The van der Waals surface area contributed by atoms with E-state index in [1.54, 1.807) is 12.3 Å². The molecule has 1 aromatic heterocycles. The van der Waals surface area contributed by atoms with E-state index in [2.05, 4.69) is 10.3 Å². The van der Waals surface area contributed by atoms with Gasteiger partial charge in [0.25, 0.3) is 5.91 Å². The van der Waals surface area contributed by atoms with Crippen LogP contribution in [-0.2, 0) is 0 Å². The summed E-state index contributed by atoms with van der Waals surface area (Å²) in [5.74, 6) is 1.46. The quantitative estimate of drug-likeness (QED) is 0.944. The minimum Gasteiger partial charge on any atom is -0.454 e. The van der Waals surface area contributed by atoms with Gasteiger partial charge in [-0.2, -0.15) is 0 Å². The van der Waals surface area contributed by atoms with Gasteiger partial charge in [-0.3, -0.25) is 9.78 Å². The smallest absolute Gasteiger partial charge is 0.272 e. The number of anilines is 2. The molecule has 1 N–H and O–H groups in total. The molecule has 1 saturated heterocycles. The predicted octanol–water partition coefficient (Wildman–Crippen LogP) is 2.79. The molecule has 0 bridgehead atoms. The number of ether oxygens (including phenoxy) is 2. The molecule has 0 unspecified atom stereocenters. The Hall–Kier alpha value is -2.76. The van der Waals surface area contributed by atoms with Crippen molar-refractivity contribution < 1.29 is 14.3 Å². The number of fused-ring (bicyclic) bond motifs is 1. The van der Waals surface area contributed by atoms with Gasteiger partial charge in [0.05, 0.1) is 0 Å². The summed E-state index contributed by atoms with van der Waals surface area (Å²) in [5, 5.41) is 3.27. The van der Waals surface area contributed by atoms with E-state index in [1.165, 1.54) is 0 Å². The van der Waals surface area contributed by atoms with Gasteiger partial charge >= 0.3 is 0 Å². The number of carbonyl (C=O) groups is 1. The third kappa shape index (κ3) is 2.79. The van der Waals surface area contributed by atoms with Crippen molar-refractivity contribution in [3.05, 3.63) is 42.2 Å². The third-order valence-corrected chi connectivity index (χ3v) is 4.03. The molecule has 118 valence electrons. The molecule has 6 heteroatoms. The molecule has 1 aromatic carbocycles. The fraction of sp³-hybridized carbons (Fsp3) is 0.294. The Kier molecular flexibility index (Phi) is 3.49. The molecule has 2 aliphatic heterocycles. The molecule has 1 fully saturated rings. The molecule has 2 aromatic rings. The predicted molar refractivity (Wildman–Crippen MR) is 85.2 cm³/mol. The summed E-state index contributed by atoms with van der Waals surface area (Å²) in [6.07, 6.45) is 3.79. The van der Waals surface area contributed by atoms with Crippen LogP contribution in [0.5, 0.6) is 11.5 Å². The van der Waals surface area contributed by atoms with Crippen LogP contribution in [-0.4, -0.2) is 35.7 Å². The third-order valence-electron chi connectivity index (χ3n) is 4.03. The molecule has 1 amide bonds. The largest absolute Gasteiger partial charge is 0.454 e. The van der Waals surface area contributed by atoms with E-state index in [0.29, 0.717) is 5.69 Å². The number of pyridine rings is 1. The second-order valence-corrected chi connectivity index (χ2v) is 5.62. The number of benzene rings is 1. The summed E-state index contributed by atoms with van der Waals surface area (Å²) in [5.41, 5.74) is 2.17. The molecule has 3 heterocycles. The number of rotatable bonds is 3. The van der Waals surface area contributed by atoms with Crippen LogP contribution >= 0.6 is 0 Å². The first-order valence-electron chi connectivity index (χ1n) is 7.71. The molecule has 23 heavy (non-hydrogen) atoms. The minimum atomic E-state index is -0.00293. The summed E-state index contributed by atoms with van der Waals surface area (Å²) in [6.45, 7) is 1.89. The van der Waals surface area contributed by atoms with Gasteiger partial charge in [0.1, 0.15) is 5.69 Å². The van der Waals surface area contributed by atoms with Gasteiger partial charge in [-0.05, 0) is 37.1 Å². The topological polar surface area (TPSA) is 63.7 Å². The monoisotopic (exact) mass is 311 g/mol. The van der Waals surface area contributed by atoms with Gasteiger partial charge in [0.2, 0.25) is 6.79 Å². The first kappa shape index (κ1) is 13.9. The second kappa shape index (κ2) is 5.79. The van der Waals surface area contributed by atoms with Crippen molar-refractivity contribution in [3.63, 3.8) is 0 Å². The van der Waals surface area contributed by atoms with E-state index >= 15 is 0 Å². The first-order chi connectivity index (χ1) is 11.3. The van der Waals surface area contributed by atoms with Crippen molar-refractivity contribution in [2.24, 2.45) is 0 Å². The Morgan fingerprint density at radius 2 is 1.83 bits per heavy atom. The average Bonchev–Trinajstić information content (AvgIpc) is 3.25. The number of likely N-dealkylation sites (tertiary alicyclic amines) is 1. The van der Waals surface area contributed by atoms with Crippen LogP contribution < -0.4 is 14.8 Å². The van der Waals surface area contributed by atoms with Gasteiger partial charge in [-0.1, -0.05) is 0 Å². The van der Waals surface area contributed by atoms with Crippen molar-refractivity contribution in [3.8, 4) is 11.5 Å². The van der Waals surface area contributed by atoms with Crippen molar-refractivity contribution in [1.29, 1.82) is 0 Å². The first-order valence-corrected chi connectivity index (χ1v) is 7.71. The Morgan fingerprint density at radius 1 is 1.04 bits per heavy atom. The number of amides is 1. The Bertz CT molecular complexity index is 742. The fourth-order valence-corrected chi connectivity index (χ4v) is 2.85. The number of hydrogen-bond donors (Lipinski definition) is 1. The Morgan fingerprint density at radius 3 is 2.70 bits per heavy atom. The van der Waals surface area contributed by atoms with Crippen LogP contribution in [0.25, 0.3) is 0 Å². The number of aromatic nitrogens is 1. The van der Waals surface area contributed by atoms with Crippen LogP contribution in [0.2, 0.25) is 0 Å². The Balaban J connectivity index is 1.53. The van der Waals surface area contributed by atoms with Crippen LogP contribution in [0.3, 0.4) is 0 Å². The average molecular weight is 311 g/mol. The maximum Gasteiger partial charge on any atom is 0.272 e. The van der Waals surface area contributed by atoms with Gasteiger partial charge in [-0.15, -0.1) is 0 Å². The summed E-state index contributed by atoms with van der Waals surface area (Å²) in [6, 6.07) is 9.28. The summed E-state index contributed by atoms with van der Waals surface area (Å²) in [4.78, 5) is 18.5. The van der Waals surface area contributed by atoms with E-state index < -0.39 is 0 Å². The lowest BCUT2D eigenvalue weighted by Crippen LogP contribution is -2.28. The number of nitrogens with zero attached hydrogens (tertiary/aromatic N) is 2. The van der Waals surface area contributed by atoms with Gasteiger partial charge < -0.3 is 19.7 Å². The lowest BCUT2D eigenvalue weighted by atomic mass is 10.2. The molecular formula is C17H17N3O3. The van der Waals surface area contributed by atoms with Gasteiger partial charge in [-0.25, -0.2) is 0 Å². The lowest BCUT2D eigenvalue weighted by molar-refractivity contribution is 0.0787. The van der Waals surface area contributed by atoms with E-state index in [-0.39, 0.29) is 12.7 Å². The van der Waals surface area contributed by atoms with E-state index in [1.807, 2.05) is 29.2 Å². The van der Waals surface area contributed by atoms with Crippen molar-refractivity contribution in [1.82, 2.24) is 9.88 Å². The van der Waals surface area contributed by atoms with Crippen LogP contribution in [0, 0.1) is 0 Å². The fourth-order valence-electron chi connectivity index (χ4n) is 2.85. The van der Waals surface area contributed by atoms with Gasteiger partial charge in [0.15, 0.2) is 11.5 Å². The highest BCUT2D eigenvalue weighted by atomic mass is 16.7. The molecule has 0 atom stereocenters. The summed E-state index contributed by atoms with van der Waals surface area (Å²) in [7, 11) is 0. The normalized spacial score (nSPS) is 15.7. The number of carbonyl (C=O) groups excluding carboxylic acids is 1. The number of nitrogens with one attached hydrogen (secondary N) is 1. The van der Waals surface area contributed by atoms with Crippen LogP contribution in [0.4, 0.5) is 11.4 Å². The van der Waals surface area contributed by atoms with Crippen molar-refractivity contribution in [2.75, 3.05) is 25.2 Å². The Labute approximate surface area is 134 Å². The highest BCUT2D eigenvalue weighted by Gasteiger charge is 2.20. The maximum atomic E-state index is 12.4.